The summed E-state index contributed by atoms with van der Waals surface area (Å²) in [5, 5.41) is 3.57. The molecule has 0 heterocycles. The first-order valence-corrected chi connectivity index (χ1v) is 4.10. The number of hydrogen-bond donors (Lipinski definition) is 1. The molecule has 0 bridgehead atoms. The van der Waals surface area contributed by atoms with E-state index in [4.69, 9.17) is 5.53 Å². The molecule has 0 radical (unpaired) electrons. The lowest BCUT2D eigenvalue weighted by Crippen LogP contribution is -1.82. The van der Waals surface area contributed by atoms with E-state index in [1.54, 1.807) is 6.07 Å². The molecule has 4 heteroatoms. The number of benzene rings is 1. The van der Waals surface area contributed by atoms with Crippen molar-refractivity contribution in [1.29, 1.82) is 0 Å². The minimum Gasteiger partial charge on any atom is -0.143 e. The number of azide groups is 1. The summed E-state index contributed by atoms with van der Waals surface area (Å²) in [7, 11) is 0. The Balaban J connectivity index is 3.26. The smallest absolute Gasteiger partial charge is 0.0418 e. The summed E-state index contributed by atoms with van der Waals surface area (Å²) in [5.74, 6) is 0. The molecule has 0 unspecified atom stereocenters. The SMILES string of the molecule is CCc1c(S)cccc1N=[N+]=[N-]. The lowest BCUT2D eigenvalue weighted by atomic mass is 10.1. The molecule has 0 fully saturated rings. The van der Waals surface area contributed by atoms with Crippen LogP contribution < -0.4 is 0 Å². The van der Waals surface area contributed by atoms with Gasteiger partial charge in [0.1, 0.15) is 0 Å². The van der Waals surface area contributed by atoms with Crippen LogP contribution in [-0.2, 0) is 6.42 Å². The van der Waals surface area contributed by atoms with Crippen LogP contribution in [0.3, 0.4) is 0 Å². The van der Waals surface area contributed by atoms with Crippen molar-refractivity contribution in [1.82, 2.24) is 0 Å². The van der Waals surface area contributed by atoms with Gasteiger partial charge in [-0.05, 0) is 23.6 Å². The average Bonchev–Trinajstić information content (AvgIpc) is 2.05. The van der Waals surface area contributed by atoms with Gasteiger partial charge >= 0.3 is 0 Å². The Morgan fingerprint density at radius 2 is 2.33 bits per heavy atom. The van der Waals surface area contributed by atoms with Gasteiger partial charge in [0.05, 0.1) is 0 Å². The Hall–Kier alpha value is -1.12. The van der Waals surface area contributed by atoms with Crippen molar-refractivity contribution >= 4 is 18.3 Å². The third-order valence-corrected chi connectivity index (χ3v) is 2.05. The first kappa shape index (κ1) is 8.97. The summed E-state index contributed by atoms with van der Waals surface area (Å²) < 4.78 is 0. The van der Waals surface area contributed by atoms with Gasteiger partial charge in [0, 0.05) is 15.5 Å². The van der Waals surface area contributed by atoms with Crippen molar-refractivity contribution in [3.05, 3.63) is 34.2 Å². The van der Waals surface area contributed by atoms with Crippen molar-refractivity contribution in [2.75, 3.05) is 0 Å². The van der Waals surface area contributed by atoms with Crippen molar-refractivity contribution in [3.8, 4) is 0 Å². The van der Waals surface area contributed by atoms with E-state index in [2.05, 4.69) is 22.7 Å². The van der Waals surface area contributed by atoms with Gasteiger partial charge in [-0.3, -0.25) is 0 Å². The normalized spacial score (nSPS) is 9.17. The van der Waals surface area contributed by atoms with E-state index >= 15 is 0 Å². The number of nitrogens with zero attached hydrogens (tertiary/aromatic N) is 3. The van der Waals surface area contributed by atoms with Crippen LogP contribution in [0.25, 0.3) is 10.4 Å². The zero-order valence-electron chi connectivity index (χ0n) is 6.73. The lowest BCUT2D eigenvalue weighted by Gasteiger charge is -2.03. The fraction of sp³-hybridized carbons (Fsp3) is 0.250. The van der Waals surface area contributed by atoms with Crippen LogP contribution in [-0.4, -0.2) is 0 Å². The Morgan fingerprint density at radius 1 is 1.58 bits per heavy atom. The highest BCUT2D eigenvalue weighted by atomic mass is 32.1. The third kappa shape index (κ3) is 1.72. The maximum absolute atomic E-state index is 8.26. The maximum atomic E-state index is 8.26. The quantitative estimate of drug-likeness (QED) is 0.313. The summed E-state index contributed by atoms with van der Waals surface area (Å²) in [4.78, 5) is 3.62. The zero-order chi connectivity index (χ0) is 8.97. The van der Waals surface area contributed by atoms with E-state index in [9.17, 15) is 0 Å². The Morgan fingerprint density at radius 3 is 2.92 bits per heavy atom. The summed E-state index contributed by atoms with van der Waals surface area (Å²) in [6.45, 7) is 2.01. The van der Waals surface area contributed by atoms with E-state index < -0.39 is 0 Å². The first-order chi connectivity index (χ1) is 5.79. The number of thiol groups is 1. The molecule has 1 aromatic carbocycles. The van der Waals surface area contributed by atoms with Crippen molar-refractivity contribution < 1.29 is 0 Å². The van der Waals surface area contributed by atoms with Gasteiger partial charge in [-0.25, -0.2) is 0 Å². The van der Waals surface area contributed by atoms with E-state index in [1.165, 1.54) is 0 Å². The van der Waals surface area contributed by atoms with Crippen LogP contribution in [0.1, 0.15) is 12.5 Å². The highest BCUT2D eigenvalue weighted by Crippen LogP contribution is 2.25. The predicted molar refractivity (Wildman–Crippen MR) is 51.9 cm³/mol. The van der Waals surface area contributed by atoms with Crippen molar-refractivity contribution in [2.45, 2.75) is 18.2 Å². The molecule has 0 aliphatic rings. The second-order valence-electron chi connectivity index (χ2n) is 2.32. The van der Waals surface area contributed by atoms with Crippen molar-refractivity contribution in [3.63, 3.8) is 0 Å². The molecule has 0 amide bonds. The molecule has 62 valence electrons. The minimum atomic E-state index is 0.674. The van der Waals surface area contributed by atoms with Gasteiger partial charge in [-0.1, -0.05) is 24.2 Å². The summed E-state index contributed by atoms with van der Waals surface area (Å²) >= 11 is 4.26. The predicted octanol–water partition coefficient (Wildman–Crippen LogP) is 3.48. The molecule has 0 aliphatic carbocycles. The standard InChI is InChI=1S/C8H9N3S/c1-2-6-7(10-11-9)4-3-5-8(6)12/h3-5,12H,2H2,1H3. The van der Waals surface area contributed by atoms with Gasteiger partial charge in [-0.15, -0.1) is 12.6 Å². The second-order valence-corrected chi connectivity index (χ2v) is 2.80. The van der Waals surface area contributed by atoms with E-state index in [0.717, 1.165) is 16.9 Å². The Labute approximate surface area is 76.5 Å². The van der Waals surface area contributed by atoms with Crippen LogP contribution in [0, 0.1) is 0 Å². The highest BCUT2D eigenvalue weighted by Gasteiger charge is 2.00. The molecule has 1 rings (SSSR count). The summed E-state index contributed by atoms with van der Waals surface area (Å²) in [6, 6.07) is 5.50. The first-order valence-electron chi connectivity index (χ1n) is 3.65. The molecular weight excluding hydrogens is 170 g/mol. The third-order valence-electron chi connectivity index (χ3n) is 1.63. The zero-order valence-corrected chi connectivity index (χ0v) is 7.62. The van der Waals surface area contributed by atoms with Gasteiger partial charge < -0.3 is 0 Å². The Bertz CT molecular complexity index is 329. The van der Waals surface area contributed by atoms with Gasteiger partial charge in [0.15, 0.2) is 0 Å². The molecule has 0 aromatic heterocycles. The minimum absolute atomic E-state index is 0.674. The van der Waals surface area contributed by atoms with Gasteiger partial charge in [-0.2, -0.15) is 0 Å². The van der Waals surface area contributed by atoms with Crippen LogP contribution in [0.5, 0.6) is 0 Å². The van der Waals surface area contributed by atoms with E-state index in [0.29, 0.717) is 5.69 Å². The van der Waals surface area contributed by atoms with Crippen LogP contribution >= 0.6 is 12.6 Å². The molecule has 1 aromatic rings. The van der Waals surface area contributed by atoms with Crippen LogP contribution in [0.15, 0.2) is 28.2 Å². The molecule has 0 N–H and O–H groups in total. The fourth-order valence-corrected chi connectivity index (χ4v) is 1.43. The number of hydrogen-bond acceptors (Lipinski definition) is 2. The largest absolute Gasteiger partial charge is 0.143 e. The molecule has 0 saturated carbocycles. The number of rotatable bonds is 2. The molecule has 0 saturated heterocycles. The van der Waals surface area contributed by atoms with Crippen molar-refractivity contribution in [2.24, 2.45) is 5.11 Å². The second kappa shape index (κ2) is 4.04. The molecule has 3 nitrogen and oxygen atoms in total. The van der Waals surface area contributed by atoms with Gasteiger partial charge in [0.25, 0.3) is 0 Å². The topological polar surface area (TPSA) is 48.8 Å². The maximum Gasteiger partial charge on any atom is 0.0418 e. The summed E-state index contributed by atoms with van der Waals surface area (Å²) in [6.07, 6.45) is 0.827. The van der Waals surface area contributed by atoms with E-state index in [1.807, 2.05) is 19.1 Å². The lowest BCUT2D eigenvalue weighted by molar-refractivity contribution is 1.08. The Kier molecular flexibility index (Phi) is 3.02. The molecular formula is C8H9N3S. The molecule has 12 heavy (non-hydrogen) atoms. The molecule has 0 aliphatic heterocycles. The van der Waals surface area contributed by atoms with Crippen LogP contribution in [0.2, 0.25) is 0 Å². The monoisotopic (exact) mass is 179 g/mol. The molecule has 0 atom stereocenters. The highest BCUT2D eigenvalue weighted by molar-refractivity contribution is 7.80. The fourth-order valence-electron chi connectivity index (χ4n) is 1.07. The van der Waals surface area contributed by atoms with E-state index in [-0.39, 0.29) is 0 Å². The summed E-state index contributed by atoms with van der Waals surface area (Å²) in [5.41, 5.74) is 9.94. The average molecular weight is 179 g/mol. The van der Waals surface area contributed by atoms with Gasteiger partial charge in [0.2, 0.25) is 0 Å². The van der Waals surface area contributed by atoms with Crippen LogP contribution in [0.4, 0.5) is 5.69 Å². The molecule has 0 spiro atoms.